The summed E-state index contributed by atoms with van der Waals surface area (Å²) in [6.07, 6.45) is 1.01. The maximum atomic E-state index is 12.8. The van der Waals surface area contributed by atoms with Crippen LogP contribution in [0.25, 0.3) is 0 Å². The van der Waals surface area contributed by atoms with Gasteiger partial charge >= 0.3 is 5.97 Å². The van der Waals surface area contributed by atoms with Crippen molar-refractivity contribution in [2.24, 2.45) is 17.8 Å². The molecule has 3 nitrogen and oxygen atoms in total. The summed E-state index contributed by atoms with van der Waals surface area (Å²) in [6, 6.07) is 9.11. The molecule has 0 N–H and O–H groups in total. The van der Waals surface area contributed by atoms with Gasteiger partial charge in [-0.05, 0) is 50.6 Å². The van der Waals surface area contributed by atoms with Crippen LogP contribution in [0, 0.1) is 17.8 Å². The van der Waals surface area contributed by atoms with Crippen molar-refractivity contribution in [1.29, 1.82) is 0 Å². The molecule has 2 saturated carbocycles. The third kappa shape index (κ3) is 1.94. The van der Waals surface area contributed by atoms with Crippen LogP contribution >= 0.6 is 7.14 Å². The summed E-state index contributed by atoms with van der Waals surface area (Å²) in [5, 5.41) is -0.127. The fourth-order valence-corrected chi connectivity index (χ4v) is 7.64. The number of benzene rings is 1. The molecular weight excluding hydrogens is 295 g/mol. The van der Waals surface area contributed by atoms with Crippen molar-refractivity contribution in [3.8, 4) is 0 Å². The standard InChI is InChI=1S/C18H25O3P/c1-12-15-11-18(15,22(4,5)20)13(2)17(12,3)21-16(19)14-9-7-6-8-10-14/h6-10,12-13,15H,11H2,1-5H3. The van der Waals surface area contributed by atoms with Gasteiger partial charge in [0, 0.05) is 11.1 Å². The van der Waals surface area contributed by atoms with Crippen molar-refractivity contribution in [2.45, 2.75) is 37.9 Å². The summed E-state index contributed by atoms with van der Waals surface area (Å²) in [5.41, 5.74) is 0.0336. The summed E-state index contributed by atoms with van der Waals surface area (Å²) in [7, 11) is -2.23. The molecule has 0 heterocycles. The van der Waals surface area contributed by atoms with Crippen molar-refractivity contribution in [3.63, 3.8) is 0 Å². The average molecular weight is 320 g/mol. The van der Waals surface area contributed by atoms with Gasteiger partial charge in [-0.1, -0.05) is 32.0 Å². The minimum Gasteiger partial charge on any atom is -0.455 e. The molecule has 0 bridgehead atoms. The van der Waals surface area contributed by atoms with Crippen LogP contribution in [0.15, 0.2) is 30.3 Å². The molecular formula is C18H25O3P. The predicted molar refractivity (Wildman–Crippen MR) is 88.9 cm³/mol. The fraction of sp³-hybridized carbons (Fsp3) is 0.611. The van der Waals surface area contributed by atoms with Crippen LogP contribution in [-0.2, 0) is 9.30 Å². The van der Waals surface area contributed by atoms with Crippen LogP contribution in [0.1, 0.15) is 37.6 Å². The number of rotatable bonds is 3. The van der Waals surface area contributed by atoms with Gasteiger partial charge in [0.05, 0.1) is 12.7 Å². The Balaban J connectivity index is 1.88. The molecule has 0 aromatic heterocycles. The molecule has 22 heavy (non-hydrogen) atoms. The summed E-state index contributed by atoms with van der Waals surface area (Å²) < 4.78 is 18.8. The molecule has 2 aliphatic rings. The van der Waals surface area contributed by atoms with E-state index in [-0.39, 0.29) is 23.0 Å². The van der Waals surface area contributed by atoms with Crippen LogP contribution in [0.2, 0.25) is 0 Å². The van der Waals surface area contributed by atoms with Crippen LogP contribution in [0.4, 0.5) is 0 Å². The topological polar surface area (TPSA) is 43.4 Å². The van der Waals surface area contributed by atoms with Gasteiger partial charge in [-0.25, -0.2) is 4.79 Å². The van der Waals surface area contributed by atoms with E-state index in [2.05, 4.69) is 13.8 Å². The Morgan fingerprint density at radius 1 is 1.23 bits per heavy atom. The van der Waals surface area contributed by atoms with Crippen LogP contribution in [-0.4, -0.2) is 30.1 Å². The molecule has 0 saturated heterocycles. The molecule has 5 atom stereocenters. The highest BCUT2D eigenvalue weighted by Crippen LogP contribution is 2.81. The van der Waals surface area contributed by atoms with Gasteiger partial charge in [-0.15, -0.1) is 0 Å². The van der Waals surface area contributed by atoms with Crippen LogP contribution < -0.4 is 0 Å². The molecule has 1 aromatic carbocycles. The zero-order chi connectivity index (χ0) is 16.3. The first-order valence-electron chi connectivity index (χ1n) is 7.98. The Morgan fingerprint density at radius 2 is 1.82 bits per heavy atom. The Labute approximate surface area is 132 Å². The number of esters is 1. The SMILES string of the molecule is CC1C2CC2(P(C)(C)=O)C(C)C1(C)OC(=O)c1ccccc1. The highest BCUT2D eigenvalue weighted by atomic mass is 31.2. The lowest BCUT2D eigenvalue weighted by Crippen LogP contribution is -2.44. The molecule has 4 heteroatoms. The third-order valence-corrected chi connectivity index (χ3v) is 9.38. The highest BCUT2D eigenvalue weighted by molar-refractivity contribution is 7.64. The highest BCUT2D eigenvalue weighted by Gasteiger charge is 2.77. The Bertz CT molecular complexity index is 650. The van der Waals surface area contributed by atoms with Crippen LogP contribution in [0.5, 0.6) is 0 Å². The van der Waals surface area contributed by atoms with E-state index in [1.165, 1.54) is 0 Å². The van der Waals surface area contributed by atoms with Gasteiger partial charge in [0.15, 0.2) is 0 Å². The summed E-state index contributed by atoms with van der Waals surface area (Å²) in [6.45, 7) is 10.1. The quantitative estimate of drug-likeness (QED) is 0.617. The Morgan fingerprint density at radius 3 is 2.32 bits per heavy atom. The number of carbonyl (C=O) groups is 1. The van der Waals surface area contributed by atoms with Gasteiger partial charge in [0.1, 0.15) is 5.60 Å². The first-order valence-corrected chi connectivity index (χ1v) is 10.6. The maximum absolute atomic E-state index is 12.8. The number of carbonyl (C=O) groups excluding carboxylic acids is 1. The largest absolute Gasteiger partial charge is 0.455 e. The van der Waals surface area contributed by atoms with E-state index in [1.54, 1.807) is 12.1 Å². The second-order valence-electron chi connectivity index (χ2n) is 7.60. The van der Waals surface area contributed by atoms with E-state index in [9.17, 15) is 9.36 Å². The lowest BCUT2D eigenvalue weighted by Gasteiger charge is -2.39. The fourth-order valence-electron chi connectivity index (χ4n) is 4.79. The molecule has 0 aliphatic heterocycles. The molecule has 1 aromatic rings. The molecule has 120 valence electrons. The van der Waals surface area contributed by atoms with E-state index >= 15 is 0 Å². The van der Waals surface area contributed by atoms with Crippen molar-refractivity contribution < 1.29 is 14.1 Å². The molecule has 0 amide bonds. The number of fused-ring (bicyclic) bond motifs is 1. The van der Waals surface area contributed by atoms with E-state index < -0.39 is 12.7 Å². The first-order chi connectivity index (χ1) is 10.1. The number of ether oxygens (including phenoxy) is 1. The molecule has 0 spiro atoms. The van der Waals surface area contributed by atoms with Crippen molar-refractivity contribution in [1.82, 2.24) is 0 Å². The molecule has 0 radical (unpaired) electrons. The molecule has 5 unspecified atom stereocenters. The van der Waals surface area contributed by atoms with Crippen LogP contribution in [0.3, 0.4) is 0 Å². The molecule has 2 aliphatic carbocycles. The third-order valence-electron chi connectivity index (χ3n) is 6.47. The van der Waals surface area contributed by atoms with Gasteiger partial charge in [-0.2, -0.15) is 0 Å². The van der Waals surface area contributed by atoms with Crippen molar-refractivity contribution in [3.05, 3.63) is 35.9 Å². The average Bonchev–Trinajstić information content (AvgIpc) is 3.19. The summed E-state index contributed by atoms with van der Waals surface area (Å²) in [4.78, 5) is 12.5. The Kier molecular flexibility index (Phi) is 3.38. The smallest absolute Gasteiger partial charge is 0.338 e. The molecule has 3 rings (SSSR count). The van der Waals surface area contributed by atoms with Gasteiger partial charge in [0.2, 0.25) is 0 Å². The normalized spacial score (nSPS) is 40.1. The monoisotopic (exact) mass is 320 g/mol. The van der Waals surface area contributed by atoms with Gasteiger partial charge in [-0.3, -0.25) is 0 Å². The van der Waals surface area contributed by atoms with E-state index in [1.807, 2.05) is 38.5 Å². The number of hydrogen-bond donors (Lipinski definition) is 0. The van der Waals surface area contributed by atoms with Gasteiger partial charge in [0.25, 0.3) is 0 Å². The summed E-state index contributed by atoms with van der Waals surface area (Å²) >= 11 is 0. The lowest BCUT2D eigenvalue weighted by atomic mass is 9.82. The summed E-state index contributed by atoms with van der Waals surface area (Å²) in [5.74, 6) is 0.495. The Hall–Kier alpha value is -1.08. The van der Waals surface area contributed by atoms with E-state index in [4.69, 9.17) is 4.74 Å². The maximum Gasteiger partial charge on any atom is 0.338 e. The lowest BCUT2D eigenvalue weighted by molar-refractivity contribution is -0.0553. The minimum absolute atomic E-state index is 0.119. The van der Waals surface area contributed by atoms with Crippen molar-refractivity contribution in [2.75, 3.05) is 13.3 Å². The minimum atomic E-state index is -2.23. The first kappa shape index (κ1) is 15.8. The van der Waals surface area contributed by atoms with Crippen molar-refractivity contribution >= 4 is 13.1 Å². The second-order valence-corrected chi connectivity index (χ2v) is 11.1. The van der Waals surface area contributed by atoms with E-state index in [0.29, 0.717) is 11.5 Å². The van der Waals surface area contributed by atoms with E-state index in [0.717, 1.165) is 6.42 Å². The zero-order valence-corrected chi connectivity index (χ0v) is 14.9. The van der Waals surface area contributed by atoms with Gasteiger partial charge < -0.3 is 9.30 Å². The molecule has 2 fully saturated rings. The number of hydrogen-bond acceptors (Lipinski definition) is 3. The second kappa shape index (κ2) is 4.71. The zero-order valence-electron chi connectivity index (χ0n) is 14.0. The predicted octanol–water partition coefficient (Wildman–Crippen LogP) is 4.27.